The molecule has 1 saturated heterocycles. The number of rotatable bonds is 7. The maximum absolute atomic E-state index is 12.3. The predicted octanol–water partition coefficient (Wildman–Crippen LogP) is -0.567. The van der Waals surface area contributed by atoms with Crippen molar-refractivity contribution >= 4 is 17.8 Å². The molecule has 0 aromatic rings. The summed E-state index contributed by atoms with van der Waals surface area (Å²) in [5, 5.41) is 8.40. The van der Waals surface area contributed by atoms with Gasteiger partial charge in [0.25, 0.3) is 5.91 Å². The molecule has 1 saturated carbocycles. The van der Waals surface area contributed by atoms with E-state index < -0.39 is 11.6 Å². The van der Waals surface area contributed by atoms with E-state index in [1.807, 2.05) is 7.05 Å². The fourth-order valence-electron chi connectivity index (χ4n) is 2.49. The minimum atomic E-state index is -0.816. The first-order valence-electron chi connectivity index (χ1n) is 7.04. The second-order valence-corrected chi connectivity index (χ2v) is 5.61. The van der Waals surface area contributed by atoms with Crippen LogP contribution in [0.2, 0.25) is 0 Å². The minimum Gasteiger partial charge on any atom is -0.354 e. The molecule has 1 aliphatic heterocycles. The molecule has 1 unspecified atom stereocenters. The third kappa shape index (κ3) is 2.92. The average Bonchev–Trinajstić information content (AvgIpc) is 3.21. The smallest absolute Gasteiger partial charge is 0.325 e. The zero-order chi connectivity index (χ0) is 14.8. The number of carbonyl (C=O) groups excluding carboxylic acids is 3. The Morgan fingerprint density at radius 3 is 2.70 bits per heavy atom. The van der Waals surface area contributed by atoms with Crippen molar-refractivity contribution in [2.24, 2.45) is 5.92 Å². The van der Waals surface area contributed by atoms with Gasteiger partial charge in [-0.3, -0.25) is 14.5 Å². The van der Waals surface area contributed by atoms with Gasteiger partial charge in [-0.15, -0.1) is 0 Å². The highest BCUT2D eigenvalue weighted by Gasteiger charge is 2.56. The van der Waals surface area contributed by atoms with Crippen molar-refractivity contribution in [3.63, 3.8) is 0 Å². The van der Waals surface area contributed by atoms with Crippen molar-refractivity contribution in [1.29, 1.82) is 0 Å². The summed E-state index contributed by atoms with van der Waals surface area (Å²) in [5.41, 5.74) is -0.816. The zero-order valence-electron chi connectivity index (χ0n) is 12.0. The summed E-state index contributed by atoms with van der Waals surface area (Å²) in [7, 11) is 1.84. The van der Waals surface area contributed by atoms with Gasteiger partial charge in [0.05, 0.1) is 0 Å². The van der Waals surface area contributed by atoms with E-state index in [1.54, 1.807) is 6.92 Å². The second kappa shape index (κ2) is 5.78. The highest BCUT2D eigenvalue weighted by Crippen LogP contribution is 2.42. The predicted molar refractivity (Wildman–Crippen MR) is 72.9 cm³/mol. The van der Waals surface area contributed by atoms with Crippen LogP contribution in [0.25, 0.3) is 0 Å². The standard InChI is InChI=1S/C13H22N4O3/c1-13(9-4-5-9)11(19)17(12(20)16-13)8-10(18)15-7-3-6-14-2/h9,14H,3-8H2,1-2H3,(H,15,18)(H,16,20). The van der Waals surface area contributed by atoms with Crippen LogP contribution < -0.4 is 16.0 Å². The lowest BCUT2D eigenvalue weighted by Gasteiger charge is -2.20. The second-order valence-electron chi connectivity index (χ2n) is 5.61. The number of nitrogens with one attached hydrogen (secondary N) is 3. The summed E-state index contributed by atoms with van der Waals surface area (Å²) >= 11 is 0. The quantitative estimate of drug-likeness (QED) is 0.431. The summed E-state index contributed by atoms with van der Waals surface area (Å²) in [6.45, 7) is 2.88. The maximum atomic E-state index is 12.3. The van der Waals surface area contributed by atoms with Crippen molar-refractivity contribution in [2.75, 3.05) is 26.7 Å². The summed E-state index contributed by atoms with van der Waals surface area (Å²) in [5.74, 6) is -0.373. The molecule has 3 N–H and O–H groups in total. The molecule has 2 rings (SSSR count). The zero-order valence-corrected chi connectivity index (χ0v) is 12.0. The van der Waals surface area contributed by atoms with Crippen LogP contribution in [0.15, 0.2) is 0 Å². The van der Waals surface area contributed by atoms with Crippen LogP contribution >= 0.6 is 0 Å². The van der Waals surface area contributed by atoms with Crippen LogP contribution in [-0.2, 0) is 9.59 Å². The number of carbonyl (C=O) groups is 3. The average molecular weight is 282 g/mol. The Bertz CT molecular complexity index is 422. The van der Waals surface area contributed by atoms with Gasteiger partial charge in [-0.05, 0) is 45.7 Å². The van der Waals surface area contributed by atoms with E-state index in [4.69, 9.17) is 0 Å². The lowest BCUT2D eigenvalue weighted by molar-refractivity contribution is -0.135. The first-order valence-corrected chi connectivity index (χ1v) is 7.04. The molecule has 0 radical (unpaired) electrons. The van der Waals surface area contributed by atoms with Gasteiger partial charge in [-0.2, -0.15) is 0 Å². The van der Waals surface area contributed by atoms with E-state index in [9.17, 15) is 14.4 Å². The van der Waals surface area contributed by atoms with Gasteiger partial charge < -0.3 is 16.0 Å². The molecular weight excluding hydrogens is 260 g/mol. The molecule has 7 nitrogen and oxygen atoms in total. The van der Waals surface area contributed by atoms with E-state index >= 15 is 0 Å². The molecule has 1 atom stereocenters. The van der Waals surface area contributed by atoms with Crippen LogP contribution in [0.5, 0.6) is 0 Å². The van der Waals surface area contributed by atoms with Gasteiger partial charge in [0, 0.05) is 6.54 Å². The Morgan fingerprint density at radius 1 is 1.40 bits per heavy atom. The first-order chi connectivity index (χ1) is 9.49. The molecular formula is C13H22N4O3. The van der Waals surface area contributed by atoms with Gasteiger partial charge in [0.15, 0.2) is 0 Å². The lowest BCUT2D eigenvalue weighted by atomic mass is 9.96. The number of nitrogens with zero attached hydrogens (tertiary/aromatic N) is 1. The normalized spacial score (nSPS) is 25.8. The first kappa shape index (κ1) is 14.8. The van der Waals surface area contributed by atoms with Gasteiger partial charge in [-0.25, -0.2) is 4.79 Å². The number of hydrogen-bond donors (Lipinski definition) is 3. The van der Waals surface area contributed by atoms with Gasteiger partial charge in [0.1, 0.15) is 12.1 Å². The van der Waals surface area contributed by atoms with Crippen molar-refractivity contribution in [1.82, 2.24) is 20.9 Å². The Kier molecular flexibility index (Phi) is 4.27. The number of hydrogen-bond acceptors (Lipinski definition) is 4. The largest absolute Gasteiger partial charge is 0.354 e. The summed E-state index contributed by atoms with van der Waals surface area (Å²) in [4.78, 5) is 36.9. The molecule has 1 aliphatic carbocycles. The summed E-state index contributed by atoms with van der Waals surface area (Å²) < 4.78 is 0. The number of urea groups is 1. The Hall–Kier alpha value is -1.63. The summed E-state index contributed by atoms with van der Waals surface area (Å²) in [6.07, 6.45) is 2.71. The van der Waals surface area contributed by atoms with Crippen LogP contribution in [-0.4, -0.2) is 55.0 Å². The molecule has 0 spiro atoms. The molecule has 1 heterocycles. The van der Waals surface area contributed by atoms with Gasteiger partial charge in [-0.1, -0.05) is 0 Å². The molecule has 20 heavy (non-hydrogen) atoms. The topological polar surface area (TPSA) is 90.5 Å². The Morgan fingerprint density at radius 2 is 2.10 bits per heavy atom. The van der Waals surface area contributed by atoms with Crippen molar-refractivity contribution in [3.8, 4) is 0 Å². The Labute approximate surface area is 118 Å². The molecule has 2 aliphatic rings. The Balaban J connectivity index is 1.84. The highest BCUT2D eigenvalue weighted by molar-refractivity contribution is 6.09. The molecule has 112 valence electrons. The fourth-order valence-corrected chi connectivity index (χ4v) is 2.49. The SMILES string of the molecule is CNCCCNC(=O)CN1C(=O)NC(C)(C2CC2)C1=O. The molecule has 4 amide bonds. The third-order valence-electron chi connectivity index (χ3n) is 3.92. The van der Waals surface area contributed by atoms with Gasteiger partial charge in [0.2, 0.25) is 5.91 Å². The van der Waals surface area contributed by atoms with Crippen molar-refractivity contribution in [3.05, 3.63) is 0 Å². The highest BCUT2D eigenvalue weighted by atomic mass is 16.2. The summed E-state index contributed by atoms with van der Waals surface area (Å²) in [6, 6.07) is -0.463. The monoisotopic (exact) mass is 282 g/mol. The van der Waals surface area contributed by atoms with Crippen molar-refractivity contribution < 1.29 is 14.4 Å². The van der Waals surface area contributed by atoms with E-state index in [-0.39, 0.29) is 24.3 Å². The van der Waals surface area contributed by atoms with Crippen molar-refractivity contribution in [2.45, 2.75) is 31.7 Å². The van der Waals surface area contributed by atoms with E-state index in [0.717, 1.165) is 30.7 Å². The van der Waals surface area contributed by atoms with Crippen LogP contribution in [0.1, 0.15) is 26.2 Å². The molecule has 7 heteroatoms. The molecule has 2 fully saturated rings. The minimum absolute atomic E-state index is 0.202. The molecule has 0 aromatic heterocycles. The fraction of sp³-hybridized carbons (Fsp3) is 0.769. The van der Waals surface area contributed by atoms with E-state index in [2.05, 4.69) is 16.0 Å². The van der Waals surface area contributed by atoms with E-state index in [1.165, 1.54) is 0 Å². The molecule has 0 aromatic carbocycles. The lowest BCUT2D eigenvalue weighted by Crippen LogP contribution is -2.47. The van der Waals surface area contributed by atoms with Crippen LogP contribution in [0, 0.1) is 5.92 Å². The number of amides is 4. The maximum Gasteiger partial charge on any atom is 0.325 e. The van der Waals surface area contributed by atoms with Crippen LogP contribution in [0.4, 0.5) is 4.79 Å². The number of imide groups is 1. The van der Waals surface area contributed by atoms with E-state index in [0.29, 0.717) is 6.54 Å². The third-order valence-corrected chi connectivity index (χ3v) is 3.92. The van der Waals surface area contributed by atoms with Gasteiger partial charge >= 0.3 is 6.03 Å². The van der Waals surface area contributed by atoms with Crippen LogP contribution in [0.3, 0.4) is 0 Å². The molecule has 0 bridgehead atoms.